The van der Waals surface area contributed by atoms with Crippen molar-refractivity contribution in [3.63, 3.8) is 0 Å². The molecule has 3 nitrogen and oxygen atoms in total. The molecule has 0 amide bonds. The lowest BCUT2D eigenvalue weighted by Crippen LogP contribution is -2.37. The van der Waals surface area contributed by atoms with E-state index in [-0.39, 0.29) is 5.82 Å². The zero-order valence-corrected chi connectivity index (χ0v) is 14.2. The normalized spacial score (nSPS) is 14.2. The molecule has 1 aromatic carbocycles. The Balaban J connectivity index is 2.41. The van der Waals surface area contributed by atoms with Crippen LogP contribution in [-0.4, -0.2) is 9.78 Å². The lowest BCUT2D eigenvalue weighted by Gasteiger charge is -2.26. The SMILES string of the molecule is CCc1nn(CC)c(CC(C)(N)c2ccccc2F)c1Br. The highest BCUT2D eigenvalue weighted by molar-refractivity contribution is 9.10. The topological polar surface area (TPSA) is 43.8 Å². The number of benzene rings is 1. The van der Waals surface area contributed by atoms with Gasteiger partial charge in [0.25, 0.3) is 0 Å². The van der Waals surface area contributed by atoms with Crippen molar-refractivity contribution in [3.05, 3.63) is 51.5 Å². The van der Waals surface area contributed by atoms with Gasteiger partial charge < -0.3 is 5.73 Å². The highest BCUT2D eigenvalue weighted by Gasteiger charge is 2.28. The second-order valence-electron chi connectivity index (χ2n) is 5.45. The summed E-state index contributed by atoms with van der Waals surface area (Å²) in [7, 11) is 0. The number of nitrogens with two attached hydrogens (primary N) is 1. The number of aryl methyl sites for hydroxylation is 2. The Morgan fingerprint density at radius 1 is 1.33 bits per heavy atom. The Bertz CT molecular complexity index is 634. The van der Waals surface area contributed by atoms with Crippen molar-refractivity contribution in [2.24, 2.45) is 5.73 Å². The van der Waals surface area contributed by atoms with Crippen LogP contribution in [0.5, 0.6) is 0 Å². The first-order valence-electron chi connectivity index (χ1n) is 7.18. The largest absolute Gasteiger partial charge is 0.321 e. The molecule has 21 heavy (non-hydrogen) atoms. The molecule has 1 heterocycles. The minimum Gasteiger partial charge on any atom is -0.321 e. The smallest absolute Gasteiger partial charge is 0.128 e. The van der Waals surface area contributed by atoms with E-state index in [1.165, 1.54) is 6.07 Å². The van der Waals surface area contributed by atoms with Gasteiger partial charge in [-0.3, -0.25) is 4.68 Å². The summed E-state index contributed by atoms with van der Waals surface area (Å²) in [6.07, 6.45) is 1.37. The van der Waals surface area contributed by atoms with Crippen molar-refractivity contribution < 1.29 is 4.39 Å². The van der Waals surface area contributed by atoms with Gasteiger partial charge in [-0.15, -0.1) is 0 Å². The third-order valence-corrected chi connectivity index (χ3v) is 4.63. The summed E-state index contributed by atoms with van der Waals surface area (Å²) < 4.78 is 17.0. The van der Waals surface area contributed by atoms with E-state index < -0.39 is 5.54 Å². The molecule has 2 N–H and O–H groups in total. The molecule has 0 aliphatic rings. The third kappa shape index (κ3) is 3.19. The first-order chi connectivity index (χ1) is 9.90. The van der Waals surface area contributed by atoms with Crippen LogP contribution in [0.15, 0.2) is 28.7 Å². The Kier molecular flexibility index (Phi) is 4.84. The lowest BCUT2D eigenvalue weighted by molar-refractivity contribution is 0.438. The van der Waals surface area contributed by atoms with E-state index in [1.807, 2.05) is 24.6 Å². The number of hydrogen-bond donors (Lipinski definition) is 1. The molecular formula is C16H21BrFN3. The van der Waals surface area contributed by atoms with Gasteiger partial charge in [-0.05, 0) is 42.3 Å². The van der Waals surface area contributed by atoms with Crippen LogP contribution in [0, 0.1) is 5.82 Å². The Morgan fingerprint density at radius 3 is 2.57 bits per heavy atom. The summed E-state index contributed by atoms with van der Waals surface area (Å²) in [5, 5.41) is 4.57. The van der Waals surface area contributed by atoms with Crippen molar-refractivity contribution >= 4 is 15.9 Å². The van der Waals surface area contributed by atoms with Gasteiger partial charge in [0.15, 0.2) is 0 Å². The van der Waals surface area contributed by atoms with Gasteiger partial charge in [-0.25, -0.2) is 4.39 Å². The fraction of sp³-hybridized carbons (Fsp3) is 0.438. The summed E-state index contributed by atoms with van der Waals surface area (Å²) in [6.45, 7) is 6.73. The van der Waals surface area contributed by atoms with Crippen LogP contribution < -0.4 is 5.73 Å². The van der Waals surface area contributed by atoms with Crippen molar-refractivity contribution in [2.75, 3.05) is 0 Å². The summed E-state index contributed by atoms with van der Waals surface area (Å²) >= 11 is 3.61. The third-order valence-electron chi connectivity index (χ3n) is 3.72. The van der Waals surface area contributed by atoms with Crippen LogP contribution in [0.1, 0.15) is 37.7 Å². The molecule has 2 rings (SSSR count). The molecule has 1 unspecified atom stereocenters. The fourth-order valence-corrected chi connectivity index (χ4v) is 3.26. The summed E-state index contributed by atoms with van der Waals surface area (Å²) in [4.78, 5) is 0. The summed E-state index contributed by atoms with van der Waals surface area (Å²) in [5.41, 5.74) is 8.18. The van der Waals surface area contributed by atoms with Crippen molar-refractivity contribution in [2.45, 2.75) is 45.7 Å². The predicted molar refractivity (Wildman–Crippen MR) is 86.6 cm³/mol. The Labute approximate surface area is 133 Å². The molecule has 0 radical (unpaired) electrons. The highest BCUT2D eigenvalue weighted by Crippen LogP contribution is 2.30. The molecule has 0 spiro atoms. The minimum atomic E-state index is -0.786. The van der Waals surface area contributed by atoms with Gasteiger partial charge >= 0.3 is 0 Å². The van der Waals surface area contributed by atoms with Gasteiger partial charge in [0.1, 0.15) is 5.82 Å². The fourth-order valence-electron chi connectivity index (χ4n) is 2.55. The Hall–Kier alpha value is -1.20. The molecular weight excluding hydrogens is 333 g/mol. The molecule has 114 valence electrons. The van der Waals surface area contributed by atoms with Gasteiger partial charge in [-0.1, -0.05) is 25.1 Å². The maximum atomic E-state index is 14.0. The van der Waals surface area contributed by atoms with E-state index in [1.54, 1.807) is 12.1 Å². The zero-order valence-electron chi connectivity index (χ0n) is 12.7. The molecule has 0 saturated carbocycles. The van der Waals surface area contributed by atoms with Crippen LogP contribution in [0.4, 0.5) is 4.39 Å². The molecule has 5 heteroatoms. The molecule has 2 aromatic rings. The number of hydrogen-bond acceptors (Lipinski definition) is 2. The molecule has 1 aromatic heterocycles. The van der Waals surface area contributed by atoms with Gasteiger partial charge in [0.2, 0.25) is 0 Å². The monoisotopic (exact) mass is 353 g/mol. The van der Waals surface area contributed by atoms with Crippen LogP contribution in [0.2, 0.25) is 0 Å². The number of nitrogens with zero attached hydrogens (tertiary/aromatic N) is 2. The van der Waals surface area contributed by atoms with Crippen LogP contribution in [-0.2, 0) is 24.9 Å². The minimum absolute atomic E-state index is 0.267. The first-order valence-corrected chi connectivity index (χ1v) is 7.98. The van der Waals surface area contributed by atoms with Crippen LogP contribution in [0.25, 0.3) is 0 Å². The molecule has 0 aliphatic carbocycles. The second kappa shape index (κ2) is 6.28. The quantitative estimate of drug-likeness (QED) is 0.888. The average Bonchev–Trinajstić information content (AvgIpc) is 2.75. The zero-order chi connectivity index (χ0) is 15.6. The molecule has 0 saturated heterocycles. The van der Waals surface area contributed by atoms with E-state index in [2.05, 4.69) is 28.0 Å². The van der Waals surface area contributed by atoms with E-state index in [0.717, 1.165) is 28.8 Å². The number of aromatic nitrogens is 2. The Morgan fingerprint density at radius 2 is 2.00 bits per heavy atom. The maximum Gasteiger partial charge on any atom is 0.128 e. The second-order valence-corrected chi connectivity index (χ2v) is 6.24. The van der Waals surface area contributed by atoms with Gasteiger partial charge in [0.05, 0.1) is 15.9 Å². The van der Waals surface area contributed by atoms with E-state index in [0.29, 0.717) is 12.0 Å². The highest BCUT2D eigenvalue weighted by atomic mass is 79.9. The first kappa shape index (κ1) is 16.2. The van der Waals surface area contributed by atoms with Gasteiger partial charge in [-0.2, -0.15) is 5.10 Å². The summed E-state index contributed by atoms with van der Waals surface area (Å²) in [6, 6.07) is 6.68. The van der Waals surface area contributed by atoms with Crippen molar-refractivity contribution in [3.8, 4) is 0 Å². The predicted octanol–water partition coefficient (Wildman–Crippen LogP) is 3.78. The average molecular weight is 354 g/mol. The van der Waals surface area contributed by atoms with E-state index >= 15 is 0 Å². The van der Waals surface area contributed by atoms with Crippen molar-refractivity contribution in [1.82, 2.24) is 9.78 Å². The molecule has 0 fully saturated rings. The van der Waals surface area contributed by atoms with Crippen LogP contribution >= 0.6 is 15.9 Å². The molecule has 0 aliphatic heterocycles. The molecule has 1 atom stereocenters. The standard InChI is InChI=1S/C16H21BrFN3/c1-4-13-15(17)14(21(5-2)20-13)10-16(3,19)11-8-6-7-9-12(11)18/h6-9H,4-5,10,19H2,1-3H3. The van der Waals surface area contributed by atoms with E-state index in [4.69, 9.17) is 5.73 Å². The maximum absolute atomic E-state index is 14.0. The van der Waals surface area contributed by atoms with Crippen LogP contribution in [0.3, 0.4) is 0 Å². The van der Waals surface area contributed by atoms with Gasteiger partial charge in [0, 0.05) is 24.1 Å². The van der Waals surface area contributed by atoms with Crippen molar-refractivity contribution in [1.29, 1.82) is 0 Å². The lowest BCUT2D eigenvalue weighted by atomic mass is 9.88. The summed E-state index contributed by atoms with van der Waals surface area (Å²) in [5.74, 6) is -0.267. The number of halogens is 2. The number of rotatable bonds is 5. The molecule has 0 bridgehead atoms. The van der Waals surface area contributed by atoms with E-state index in [9.17, 15) is 4.39 Å².